The molecule has 2 amide bonds. The van der Waals surface area contributed by atoms with Crippen molar-refractivity contribution in [2.45, 2.75) is 25.4 Å². The van der Waals surface area contributed by atoms with E-state index in [1.807, 2.05) is 21.6 Å². The molecule has 2 aliphatic rings. The van der Waals surface area contributed by atoms with Crippen molar-refractivity contribution in [3.8, 4) is 0 Å². The number of morpholine rings is 1. The number of hydrogen-bond acceptors (Lipinski definition) is 6. The number of amides is 2. The Balaban J connectivity index is 1.53. The lowest BCUT2D eigenvalue weighted by Gasteiger charge is -2.37. The van der Waals surface area contributed by atoms with E-state index in [4.69, 9.17) is 4.74 Å². The van der Waals surface area contributed by atoms with Crippen molar-refractivity contribution in [2.75, 3.05) is 44.4 Å². The molecule has 0 N–H and O–H groups in total. The Morgan fingerprint density at radius 1 is 1.12 bits per heavy atom. The summed E-state index contributed by atoms with van der Waals surface area (Å²) in [6.45, 7) is 3.68. The van der Waals surface area contributed by atoms with Gasteiger partial charge in [-0.15, -0.1) is 10.2 Å². The molecular formula is C15H23N5O3S. The Bertz CT molecular complexity index is 547. The maximum absolute atomic E-state index is 12.5. The summed E-state index contributed by atoms with van der Waals surface area (Å²) in [4.78, 5) is 28.7. The van der Waals surface area contributed by atoms with E-state index in [0.29, 0.717) is 39.1 Å². The van der Waals surface area contributed by atoms with Crippen LogP contribution < -0.4 is 0 Å². The van der Waals surface area contributed by atoms with E-state index in [0.717, 1.165) is 24.6 Å². The zero-order valence-corrected chi connectivity index (χ0v) is 14.5. The van der Waals surface area contributed by atoms with Gasteiger partial charge in [0.1, 0.15) is 12.7 Å². The highest BCUT2D eigenvalue weighted by Gasteiger charge is 2.30. The molecule has 0 radical (unpaired) electrons. The highest BCUT2D eigenvalue weighted by atomic mass is 32.2. The van der Waals surface area contributed by atoms with Gasteiger partial charge in [0.2, 0.25) is 11.8 Å². The van der Waals surface area contributed by atoms with Crippen LogP contribution in [0.25, 0.3) is 0 Å². The summed E-state index contributed by atoms with van der Waals surface area (Å²) >= 11 is 1.88. The second-order valence-electron chi connectivity index (χ2n) is 5.96. The Hall–Kier alpha value is -1.61. The molecule has 3 heterocycles. The van der Waals surface area contributed by atoms with Crippen LogP contribution in [-0.4, -0.2) is 86.8 Å². The van der Waals surface area contributed by atoms with Gasteiger partial charge in [-0.3, -0.25) is 9.59 Å². The predicted molar refractivity (Wildman–Crippen MR) is 89.5 cm³/mol. The molecule has 3 rings (SSSR count). The van der Waals surface area contributed by atoms with E-state index >= 15 is 0 Å². The monoisotopic (exact) mass is 353 g/mol. The van der Waals surface area contributed by atoms with Gasteiger partial charge < -0.3 is 19.1 Å². The van der Waals surface area contributed by atoms with Crippen LogP contribution in [0.3, 0.4) is 0 Å². The van der Waals surface area contributed by atoms with E-state index in [1.165, 1.54) is 0 Å². The van der Waals surface area contributed by atoms with Crippen molar-refractivity contribution in [3.63, 3.8) is 0 Å². The second kappa shape index (κ2) is 8.48. The fourth-order valence-corrected chi connectivity index (χ4v) is 3.90. The fourth-order valence-electron chi connectivity index (χ4n) is 3.00. The molecule has 0 aromatic carbocycles. The first-order valence-electron chi connectivity index (χ1n) is 8.29. The molecule has 0 spiro atoms. The number of carbonyl (C=O) groups excluding carboxylic acids is 2. The maximum atomic E-state index is 12.5. The molecule has 2 aliphatic heterocycles. The first-order chi connectivity index (χ1) is 11.7. The van der Waals surface area contributed by atoms with Gasteiger partial charge in [-0.2, -0.15) is 11.8 Å². The number of nitrogens with zero attached hydrogens (tertiary/aromatic N) is 5. The number of thioether (sulfide) groups is 1. The van der Waals surface area contributed by atoms with Crippen molar-refractivity contribution in [2.24, 2.45) is 0 Å². The SMILES string of the molecule is O=C(CC1COCCN1C(=O)CCn1cnnc1)N1CCSCC1. The van der Waals surface area contributed by atoms with Crippen LogP contribution in [0, 0.1) is 0 Å². The Labute approximate surface area is 145 Å². The number of aryl methyl sites for hydroxylation is 1. The van der Waals surface area contributed by atoms with E-state index in [9.17, 15) is 9.59 Å². The minimum Gasteiger partial charge on any atom is -0.377 e. The third-order valence-corrected chi connectivity index (χ3v) is 5.31. The van der Waals surface area contributed by atoms with Crippen molar-refractivity contribution in [3.05, 3.63) is 12.7 Å². The maximum Gasteiger partial charge on any atom is 0.224 e. The molecule has 2 fully saturated rings. The first-order valence-corrected chi connectivity index (χ1v) is 9.44. The normalized spacial score (nSPS) is 21.8. The zero-order valence-electron chi connectivity index (χ0n) is 13.7. The number of aromatic nitrogens is 3. The predicted octanol–water partition coefficient (Wildman–Crippen LogP) is -0.139. The molecular weight excluding hydrogens is 330 g/mol. The van der Waals surface area contributed by atoms with Gasteiger partial charge in [0, 0.05) is 50.5 Å². The third kappa shape index (κ3) is 4.47. The Morgan fingerprint density at radius 2 is 1.88 bits per heavy atom. The summed E-state index contributed by atoms with van der Waals surface area (Å²) in [6.07, 6.45) is 3.93. The van der Waals surface area contributed by atoms with Crippen LogP contribution in [-0.2, 0) is 20.9 Å². The molecule has 9 heteroatoms. The molecule has 0 aliphatic carbocycles. The highest BCUT2D eigenvalue weighted by molar-refractivity contribution is 7.99. The molecule has 2 saturated heterocycles. The highest BCUT2D eigenvalue weighted by Crippen LogP contribution is 2.16. The summed E-state index contributed by atoms with van der Waals surface area (Å²) < 4.78 is 7.29. The summed E-state index contributed by atoms with van der Waals surface area (Å²) in [5.74, 6) is 2.17. The molecule has 132 valence electrons. The smallest absolute Gasteiger partial charge is 0.224 e. The molecule has 0 saturated carbocycles. The molecule has 1 atom stereocenters. The van der Waals surface area contributed by atoms with Crippen LogP contribution in [0.4, 0.5) is 0 Å². The standard InChI is InChI=1S/C15H23N5O3S/c21-14(1-2-18-11-16-17-12-18)20-3-6-23-10-13(20)9-15(22)19-4-7-24-8-5-19/h11-13H,1-10H2. The van der Waals surface area contributed by atoms with Crippen molar-refractivity contribution < 1.29 is 14.3 Å². The fraction of sp³-hybridized carbons (Fsp3) is 0.733. The van der Waals surface area contributed by atoms with E-state index in [2.05, 4.69) is 10.2 Å². The first kappa shape index (κ1) is 17.2. The van der Waals surface area contributed by atoms with Crippen LogP contribution in [0.1, 0.15) is 12.8 Å². The average molecular weight is 353 g/mol. The largest absolute Gasteiger partial charge is 0.377 e. The minimum absolute atomic E-state index is 0.0546. The lowest BCUT2D eigenvalue weighted by Crippen LogP contribution is -2.51. The van der Waals surface area contributed by atoms with Gasteiger partial charge in [-0.25, -0.2) is 0 Å². The second-order valence-corrected chi connectivity index (χ2v) is 7.19. The van der Waals surface area contributed by atoms with Crippen LogP contribution >= 0.6 is 11.8 Å². The van der Waals surface area contributed by atoms with Gasteiger partial charge in [-0.1, -0.05) is 0 Å². The van der Waals surface area contributed by atoms with E-state index < -0.39 is 0 Å². The molecule has 8 nitrogen and oxygen atoms in total. The number of hydrogen-bond donors (Lipinski definition) is 0. The lowest BCUT2D eigenvalue weighted by molar-refractivity contribution is -0.143. The minimum atomic E-state index is -0.158. The van der Waals surface area contributed by atoms with Crippen molar-refractivity contribution in [1.29, 1.82) is 0 Å². The molecule has 0 bridgehead atoms. The lowest BCUT2D eigenvalue weighted by atomic mass is 10.1. The molecule has 1 unspecified atom stereocenters. The molecule has 24 heavy (non-hydrogen) atoms. The third-order valence-electron chi connectivity index (χ3n) is 4.37. The van der Waals surface area contributed by atoms with Gasteiger partial charge in [0.25, 0.3) is 0 Å². The number of ether oxygens (including phenoxy) is 1. The summed E-state index contributed by atoms with van der Waals surface area (Å²) in [6, 6.07) is -0.158. The summed E-state index contributed by atoms with van der Waals surface area (Å²) in [5.41, 5.74) is 0. The quantitative estimate of drug-likeness (QED) is 0.733. The number of rotatable bonds is 5. The van der Waals surface area contributed by atoms with Crippen molar-refractivity contribution in [1.82, 2.24) is 24.6 Å². The summed E-state index contributed by atoms with van der Waals surface area (Å²) in [5, 5.41) is 7.47. The van der Waals surface area contributed by atoms with Crippen LogP contribution in [0.5, 0.6) is 0 Å². The topological polar surface area (TPSA) is 80.6 Å². The van der Waals surface area contributed by atoms with Gasteiger partial charge in [-0.05, 0) is 0 Å². The van der Waals surface area contributed by atoms with E-state index in [1.54, 1.807) is 17.2 Å². The van der Waals surface area contributed by atoms with Gasteiger partial charge in [0.05, 0.1) is 19.3 Å². The van der Waals surface area contributed by atoms with Gasteiger partial charge >= 0.3 is 0 Å². The zero-order chi connectivity index (χ0) is 16.8. The van der Waals surface area contributed by atoms with Crippen molar-refractivity contribution >= 4 is 23.6 Å². The number of carbonyl (C=O) groups is 2. The molecule has 1 aromatic heterocycles. The Morgan fingerprint density at radius 3 is 2.62 bits per heavy atom. The Kier molecular flexibility index (Phi) is 6.08. The van der Waals surface area contributed by atoms with Crippen LogP contribution in [0.15, 0.2) is 12.7 Å². The van der Waals surface area contributed by atoms with E-state index in [-0.39, 0.29) is 17.9 Å². The van der Waals surface area contributed by atoms with Crippen LogP contribution in [0.2, 0.25) is 0 Å². The van der Waals surface area contributed by atoms with Gasteiger partial charge in [0.15, 0.2) is 0 Å². The average Bonchev–Trinajstić information content (AvgIpc) is 3.14. The summed E-state index contributed by atoms with van der Waals surface area (Å²) in [7, 11) is 0. The molecule has 1 aromatic rings.